The highest BCUT2D eigenvalue weighted by Gasteiger charge is 2.09. The predicted octanol–water partition coefficient (Wildman–Crippen LogP) is 4.92. The molecule has 0 aliphatic carbocycles. The van der Waals surface area contributed by atoms with Crippen LogP contribution in [0.4, 0.5) is 5.69 Å². The lowest BCUT2D eigenvalue weighted by Crippen LogP contribution is -2.12. The zero-order chi connectivity index (χ0) is 13.8. The minimum atomic E-state index is -0.148. The monoisotopic (exact) mass is 337 g/mol. The van der Waals surface area contributed by atoms with E-state index in [0.29, 0.717) is 20.7 Å². The lowest BCUT2D eigenvalue weighted by Gasteiger charge is -2.08. The molecule has 0 aromatic heterocycles. The van der Waals surface area contributed by atoms with E-state index >= 15 is 0 Å². The van der Waals surface area contributed by atoms with Crippen molar-refractivity contribution in [2.75, 3.05) is 5.32 Å². The maximum Gasteiger partial charge on any atom is 0.255 e. The molecular weight excluding hydrogens is 326 g/mol. The predicted molar refractivity (Wildman–Crippen MR) is 82.9 cm³/mol. The van der Waals surface area contributed by atoms with Crippen LogP contribution in [0, 0.1) is 0 Å². The third-order valence-electron chi connectivity index (χ3n) is 2.82. The third kappa shape index (κ3) is 3.37. The second-order valence-corrected chi connectivity index (χ2v) is 5.31. The standard InChI is InChI=1S/C15H13BrClNO/c1-2-10-6-8-11(9-7-10)15(19)18-13-5-3-4-12(17)14(13)16/h3-9H,2H2,1H3,(H,18,19). The Morgan fingerprint density at radius 2 is 1.89 bits per heavy atom. The van der Waals surface area contributed by atoms with Gasteiger partial charge in [0.2, 0.25) is 0 Å². The number of rotatable bonds is 3. The molecule has 0 heterocycles. The van der Waals surface area contributed by atoms with Gasteiger partial charge in [0.1, 0.15) is 0 Å². The molecule has 1 amide bonds. The molecule has 0 radical (unpaired) electrons. The summed E-state index contributed by atoms with van der Waals surface area (Å²) in [5.41, 5.74) is 2.50. The molecule has 0 fully saturated rings. The van der Waals surface area contributed by atoms with Crippen molar-refractivity contribution in [2.24, 2.45) is 0 Å². The fourth-order valence-corrected chi connectivity index (χ4v) is 2.22. The van der Waals surface area contributed by atoms with Crippen LogP contribution in [-0.4, -0.2) is 5.91 Å². The molecule has 98 valence electrons. The first-order valence-corrected chi connectivity index (χ1v) is 7.13. The maximum absolute atomic E-state index is 12.1. The molecule has 4 heteroatoms. The molecule has 0 bridgehead atoms. The number of anilines is 1. The molecule has 0 unspecified atom stereocenters. The smallest absolute Gasteiger partial charge is 0.255 e. The van der Waals surface area contributed by atoms with Crippen molar-refractivity contribution in [1.82, 2.24) is 0 Å². The van der Waals surface area contributed by atoms with Gasteiger partial charge in [-0.05, 0) is 52.2 Å². The fraction of sp³-hybridized carbons (Fsp3) is 0.133. The molecular formula is C15H13BrClNO. The van der Waals surface area contributed by atoms with Gasteiger partial charge in [0.05, 0.1) is 15.2 Å². The zero-order valence-electron chi connectivity index (χ0n) is 10.4. The van der Waals surface area contributed by atoms with Gasteiger partial charge in [0, 0.05) is 5.56 Å². The van der Waals surface area contributed by atoms with Crippen molar-refractivity contribution < 1.29 is 4.79 Å². The number of benzene rings is 2. The summed E-state index contributed by atoms with van der Waals surface area (Å²) < 4.78 is 0.690. The molecule has 0 saturated heterocycles. The molecule has 0 spiro atoms. The Bertz CT molecular complexity index is 596. The summed E-state index contributed by atoms with van der Waals surface area (Å²) in [6, 6.07) is 12.9. The Kier molecular flexibility index (Phi) is 4.61. The van der Waals surface area contributed by atoms with Crippen molar-refractivity contribution in [3.8, 4) is 0 Å². The summed E-state index contributed by atoms with van der Waals surface area (Å²) in [4.78, 5) is 12.1. The number of hydrogen-bond donors (Lipinski definition) is 1. The molecule has 1 N–H and O–H groups in total. The van der Waals surface area contributed by atoms with E-state index in [2.05, 4.69) is 28.2 Å². The first kappa shape index (κ1) is 14.1. The number of hydrogen-bond acceptors (Lipinski definition) is 1. The molecule has 0 aliphatic rings. The zero-order valence-corrected chi connectivity index (χ0v) is 12.8. The molecule has 2 aromatic rings. The van der Waals surface area contributed by atoms with E-state index in [0.717, 1.165) is 6.42 Å². The molecule has 2 aromatic carbocycles. The van der Waals surface area contributed by atoms with Crippen LogP contribution < -0.4 is 5.32 Å². The van der Waals surface area contributed by atoms with Gasteiger partial charge in [-0.25, -0.2) is 0 Å². The Labute approximate surface area is 125 Å². The number of amides is 1. The molecule has 2 nitrogen and oxygen atoms in total. The molecule has 0 aliphatic heterocycles. The number of nitrogens with one attached hydrogen (secondary N) is 1. The van der Waals surface area contributed by atoms with Crippen molar-refractivity contribution in [1.29, 1.82) is 0 Å². The van der Waals surface area contributed by atoms with Gasteiger partial charge in [0.25, 0.3) is 5.91 Å². The summed E-state index contributed by atoms with van der Waals surface area (Å²) in [5.74, 6) is -0.148. The highest BCUT2D eigenvalue weighted by Crippen LogP contribution is 2.30. The van der Waals surface area contributed by atoms with Crippen LogP contribution in [0.15, 0.2) is 46.9 Å². The first-order chi connectivity index (χ1) is 9.11. The van der Waals surface area contributed by atoms with E-state index < -0.39 is 0 Å². The van der Waals surface area contributed by atoms with Crippen LogP contribution >= 0.6 is 27.5 Å². The average molecular weight is 339 g/mol. The van der Waals surface area contributed by atoms with Crippen molar-refractivity contribution in [2.45, 2.75) is 13.3 Å². The number of carbonyl (C=O) groups excluding carboxylic acids is 1. The molecule has 0 atom stereocenters. The maximum atomic E-state index is 12.1. The first-order valence-electron chi connectivity index (χ1n) is 5.96. The number of carbonyl (C=O) groups is 1. The van der Waals surface area contributed by atoms with Gasteiger partial charge in [0.15, 0.2) is 0 Å². The van der Waals surface area contributed by atoms with Crippen LogP contribution in [0.2, 0.25) is 5.02 Å². The number of halogens is 2. The Balaban J connectivity index is 2.18. The van der Waals surface area contributed by atoms with Gasteiger partial charge in [-0.15, -0.1) is 0 Å². The molecule has 19 heavy (non-hydrogen) atoms. The highest BCUT2D eigenvalue weighted by molar-refractivity contribution is 9.10. The van der Waals surface area contributed by atoms with Crippen LogP contribution in [0.1, 0.15) is 22.8 Å². The lowest BCUT2D eigenvalue weighted by molar-refractivity contribution is 0.102. The quantitative estimate of drug-likeness (QED) is 0.846. The summed E-state index contributed by atoms with van der Waals surface area (Å²) >= 11 is 9.34. The SMILES string of the molecule is CCc1ccc(C(=O)Nc2cccc(Cl)c2Br)cc1. The largest absolute Gasteiger partial charge is 0.321 e. The Hall–Kier alpha value is -1.32. The number of aryl methyl sites for hydroxylation is 1. The van der Waals surface area contributed by atoms with Crippen molar-refractivity contribution >= 4 is 39.1 Å². The van der Waals surface area contributed by atoms with Gasteiger partial charge in [-0.1, -0.05) is 36.7 Å². The van der Waals surface area contributed by atoms with Crippen LogP contribution in [0.5, 0.6) is 0 Å². The normalized spacial score (nSPS) is 10.3. The van der Waals surface area contributed by atoms with E-state index in [4.69, 9.17) is 11.6 Å². The van der Waals surface area contributed by atoms with Gasteiger partial charge >= 0.3 is 0 Å². The molecule has 2 rings (SSSR count). The van der Waals surface area contributed by atoms with Crippen LogP contribution in [-0.2, 0) is 6.42 Å². The van der Waals surface area contributed by atoms with E-state index in [1.165, 1.54) is 5.56 Å². The highest BCUT2D eigenvalue weighted by atomic mass is 79.9. The van der Waals surface area contributed by atoms with Gasteiger partial charge in [-0.2, -0.15) is 0 Å². The van der Waals surface area contributed by atoms with E-state index in [1.54, 1.807) is 18.2 Å². The van der Waals surface area contributed by atoms with Crippen molar-refractivity contribution in [3.05, 3.63) is 63.1 Å². The van der Waals surface area contributed by atoms with Crippen LogP contribution in [0.3, 0.4) is 0 Å². The van der Waals surface area contributed by atoms with E-state index in [-0.39, 0.29) is 5.91 Å². The van der Waals surface area contributed by atoms with Crippen molar-refractivity contribution in [3.63, 3.8) is 0 Å². The second kappa shape index (κ2) is 6.22. The van der Waals surface area contributed by atoms with Crippen LogP contribution in [0.25, 0.3) is 0 Å². The third-order valence-corrected chi connectivity index (χ3v) is 4.22. The van der Waals surface area contributed by atoms with E-state index in [1.807, 2.05) is 24.3 Å². The molecule has 0 saturated carbocycles. The summed E-state index contributed by atoms with van der Waals surface area (Å²) in [5, 5.41) is 3.40. The average Bonchev–Trinajstić information content (AvgIpc) is 2.44. The fourth-order valence-electron chi connectivity index (χ4n) is 1.69. The van der Waals surface area contributed by atoms with Gasteiger partial charge < -0.3 is 5.32 Å². The van der Waals surface area contributed by atoms with Gasteiger partial charge in [-0.3, -0.25) is 4.79 Å². The lowest BCUT2D eigenvalue weighted by atomic mass is 10.1. The summed E-state index contributed by atoms with van der Waals surface area (Å²) in [7, 11) is 0. The Morgan fingerprint density at radius 1 is 1.21 bits per heavy atom. The van der Waals surface area contributed by atoms with E-state index in [9.17, 15) is 4.79 Å². The minimum Gasteiger partial charge on any atom is -0.321 e. The second-order valence-electron chi connectivity index (χ2n) is 4.11. The topological polar surface area (TPSA) is 29.1 Å². The Morgan fingerprint density at radius 3 is 2.53 bits per heavy atom. The summed E-state index contributed by atoms with van der Waals surface area (Å²) in [6.07, 6.45) is 0.960. The minimum absolute atomic E-state index is 0.148. The summed E-state index contributed by atoms with van der Waals surface area (Å²) in [6.45, 7) is 2.08.